The van der Waals surface area contributed by atoms with Crippen LogP contribution in [0.5, 0.6) is 11.5 Å². The van der Waals surface area contributed by atoms with E-state index in [-0.39, 0.29) is 17.3 Å². The van der Waals surface area contributed by atoms with Gasteiger partial charge >= 0.3 is 0 Å². The summed E-state index contributed by atoms with van der Waals surface area (Å²) in [4.78, 5) is 0.188. The van der Waals surface area contributed by atoms with Crippen LogP contribution in [0.25, 0.3) is 0 Å². The predicted octanol–water partition coefficient (Wildman–Crippen LogP) is 3.70. The van der Waals surface area contributed by atoms with Gasteiger partial charge in [0.1, 0.15) is 17.3 Å². The molecule has 0 aliphatic carbocycles. The van der Waals surface area contributed by atoms with E-state index in [1.54, 1.807) is 36.4 Å². The first kappa shape index (κ1) is 15.5. The first-order valence-corrected chi connectivity index (χ1v) is 6.85. The van der Waals surface area contributed by atoms with Crippen LogP contribution in [-0.2, 0) is 6.61 Å². The van der Waals surface area contributed by atoms with Crippen LogP contribution >= 0.6 is 23.8 Å². The van der Waals surface area contributed by atoms with E-state index in [2.05, 4.69) is 0 Å². The Morgan fingerprint density at radius 3 is 2.71 bits per heavy atom. The van der Waals surface area contributed by atoms with Crippen LogP contribution in [0.1, 0.15) is 11.1 Å². The summed E-state index contributed by atoms with van der Waals surface area (Å²) in [6.45, 7) is 0.0129. The van der Waals surface area contributed by atoms with Gasteiger partial charge in [-0.3, -0.25) is 0 Å². The lowest BCUT2D eigenvalue weighted by Gasteiger charge is -2.12. The fraction of sp³-hybridized carbons (Fsp3) is 0.133. The highest BCUT2D eigenvalue weighted by Crippen LogP contribution is 2.26. The van der Waals surface area contributed by atoms with Gasteiger partial charge < -0.3 is 15.2 Å². The molecule has 0 bridgehead atoms. The molecule has 0 fully saturated rings. The van der Waals surface area contributed by atoms with E-state index in [1.165, 1.54) is 7.11 Å². The van der Waals surface area contributed by atoms with Gasteiger partial charge in [-0.05, 0) is 24.3 Å². The molecule has 2 rings (SSSR count). The van der Waals surface area contributed by atoms with Crippen molar-refractivity contribution >= 4 is 28.8 Å². The van der Waals surface area contributed by atoms with Crippen molar-refractivity contribution in [2.45, 2.75) is 6.61 Å². The molecule has 0 saturated carbocycles. The third kappa shape index (κ3) is 3.62. The lowest BCUT2D eigenvalue weighted by Crippen LogP contribution is -2.12. The summed E-state index contributed by atoms with van der Waals surface area (Å²) in [5.74, 6) is 0.118. The molecule has 21 heavy (non-hydrogen) atoms. The van der Waals surface area contributed by atoms with Gasteiger partial charge in [0.15, 0.2) is 11.6 Å². The molecule has 0 aliphatic rings. The minimum Gasteiger partial charge on any atom is -0.494 e. The number of thiocarbonyl (C=S) groups is 1. The van der Waals surface area contributed by atoms with Crippen molar-refractivity contribution in [3.8, 4) is 11.5 Å². The molecule has 0 atom stereocenters. The van der Waals surface area contributed by atoms with Gasteiger partial charge in [-0.1, -0.05) is 36.0 Å². The Morgan fingerprint density at radius 2 is 2.05 bits per heavy atom. The molecule has 2 aromatic rings. The van der Waals surface area contributed by atoms with Crippen LogP contribution in [0.2, 0.25) is 5.02 Å². The third-order valence-electron chi connectivity index (χ3n) is 2.86. The van der Waals surface area contributed by atoms with Gasteiger partial charge in [0.25, 0.3) is 0 Å². The number of rotatable bonds is 5. The normalized spacial score (nSPS) is 10.2. The molecular weight excluding hydrogens is 313 g/mol. The number of ether oxygens (including phenoxy) is 2. The Labute approximate surface area is 132 Å². The zero-order valence-electron chi connectivity index (χ0n) is 11.2. The number of halogens is 2. The Bertz CT molecular complexity index is 679. The van der Waals surface area contributed by atoms with Crippen molar-refractivity contribution in [1.82, 2.24) is 0 Å². The van der Waals surface area contributed by atoms with E-state index < -0.39 is 5.82 Å². The standard InChI is InChI=1S/C15H13ClFNO2S/c1-19-12-4-2-3-9(14(12)17)8-20-13-7-10(16)5-6-11(13)15(18)21/h2-7H,8H2,1H3,(H2,18,21). The average Bonchev–Trinajstić information content (AvgIpc) is 2.46. The zero-order chi connectivity index (χ0) is 15.4. The quantitative estimate of drug-likeness (QED) is 0.851. The SMILES string of the molecule is COc1cccc(COc2cc(Cl)ccc2C(N)=S)c1F. The Morgan fingerprint density at radius 1 is 1.29 bits per heavy atom. The van der Waals surface area contributed by atoms with Crippen molar-refractivity contribution < 1.29 is 13.9 Å². The monoisotopic (exact) mass is 325 g/mol. The van der Waals surface area contributed by atoms with Crippen molar-refractivity contribution in [1.29, 1.82) is 0 Å². The van der Waals surface area contributed by atoms with Crippen molar-refractivity contribution in [3.63, 3.8) is 0 Å². The van der Waals surface area contributed by atoms with E-state index in [0.29, 0.717) is 21.9 Å². The third-order valence-corrected chi connectivity index (χ3v) is 3.31. The van der Waals surface area contributed by atoms with Crippen LogP contribution in [0, 0.1) is 5.82 Å². The number of methoxy groups -OCH3 is 1. The summed E-state index contributed by atoms with van der Waals surface area (Å²) in [6.07, 6.45) is 0. The number of hydrogen-bond donors (Lipinski definition) is 1. The molecule has 0 heterocycles. The van der Waals surface area contributed by atoms with E-state index in [9.17, 15) is 4.39 Å². The van der Waals surface area contributed by atoms with Crippen LogP contribution in [0.3, 0.4) is 0 Å². The summed E-state index contributed by atoms with van der Waals surface area (Å²) in [6, 6.07) is 9.76. The topological polar surface area (TPSA) is 44.5 Å². The van der Waals surface area contributed by atoms with Crippen LogP contribution < -0.4 is 15.2 Å². The largest absolute Gasteiger partial charge is 0.494 e. The Hall–Kier alpha value is -1.85. The first-order valence-electron chi connectivity index (χ1n) is 6.06. The van der Waals surface area contributed by atoms with Crippen molar-refractivity contribution in [2.75, 3.05) is 7.11 Å². The predicted molar refractivity (Wildman–Crippen MR) is 84.6 cm³/mol. The molecule has 0 unspecified atom stereocenters. The summed E-state index contributed by atoms with van der Waals surface area (Å²) < 4.78 is 24.6. The highest BCUT2D eigenvalue weighted by molar-refractivity contribution is 7.80. The summed E-state index contributed by atoms with van der Waals surface area (Å²) in [5.41, 5.74) is 6.54. The molecule has 2 aromatic carbocycles. The smallest absolute Gasteiger partial charge is 0.171 e. The minimum atomic E-state index is -0.459. The molecular formula is C15H13ClFNO2S. The first-order chi connectivity index (χ1) is 10.0. The Balaban J connectivity index is 2.24. The fourth-order valence-electron chi connectivity index (χ4n) is 1.80. The summed E-state index contributed by atoms with van der Waals surface area (Å²) >= 11 is 10.9. The number of benzene rings is 2. The molecule has 2 N–H and O–H groups in total. The van der Waals surface area contributed by atoms with Crippen molar-refractivity contribution in [2.24, 2.45) is 5.73 Å². The second kappa shape index (κ2) is 6.74. The molecule has 0 spiro atoms. The maximum absolute atomic E-state index is 14.0. The molecule has 0 saturated heterocycles. The Kier molecular flexibility index (Phi) is 4.98. The molecule has 0 radical (unpaired) electrons. The van der Waals surface area contributed by atoms with Gasteiger partial charge in [-0.25, -0.2) is 4.39 Å². The lowest BCUT2D eigenvalue weighted by atomic mass is 10.2. The number of hydrogen-bond acceptors (Lipinski definition) is 3. The molecule has 110 valence electrons. The second-order valence-corrected chi connectivity index (χ2v) is 5.10. The maximum Gasteiger partial charge on any atom is 0.171 e. The molecule has 0 aromatic heterocycles. The molecule has 0 amide bonds. The van der Waals surface area contributed by atoms with Crippen LogP contribution in [0.15, 0.2) is 36.4 Å². The van der Waals surface area contributed by atoms with Gasteiger partial charge in [-0.2, -0.15) is 0 Å². The van der Waals surface area contributed by atoms with E-state index in [0.717, 1.165) is 0 Å². The highest BCUT2D eigenvalue weighted by atomic mass is 35.5. The average molecular weight is 326 g/mol. The van der Waals surface area contributed by atoms with Gasteiger partial charge in [0.05, 0.1) is 12.7 Å². The lowest BCUT2D eigenvalue weighted by molar-refractivity contribution is 0.295. The summed E-state index contributed by atoms with van der Waals surface area (Å²) in [5, 5.41) is 0.483. The zero-order valence-corrected chi connectivity index (χ0v) is 12.8. The highest BCUT2D eigenvalue weighted by Gasteiger charge is 2.11. The van der Waals surface area contributed by atoms with E-state index in [4.69, 9.17) is 39.0 Å². The van der Waals surface area contributed by atoms with Crippen LogP contribution in [0.4, 0.5) is 4.39 Å². The molecule has 3 nitrogen and oxygen atoms in total. The van der Waals surface area contributed by atoms with Gasteiger partial charge in [0.2, 0.25) is 0 Å². The molecule has 6 heteroatoms. The molecule has 0 aliphatic heterocycles. The van der Waals surface area contributed by atoms with Crippen molar-refractivity contribution in [3.05, 3.63) is 58.4 Å². The van der Waals surface area contributed by atoms with Crippen LogP contribution in [-0.4, -0.2) is 12.1 Å². The maximum atomic E-state index is 14.0. The summed E-state index contributed by atoms with van der Waals surface area (Å²) in [7, 11) is 1.41. The van der Waals surface area contributed by atoms with E-state index >= 15 is 0 Å². The van der Waals surface area contributed by atoms with Gasteiger partial charge in [-0.15, -0.1) is 0 Å². The van der Waals surface area contributed by atoms with E-state index in [1.807, 2.05) is 0 Å². The van der Waals surface area contributed by atoms with Gasteiger partial charge in [0, 0.05) is 10.6 Å². The number of nitrogens with two attached hydrogens (primary N) is 1. The second-order valence-electron chi connectivity index (χ2n) is 4.23. The minimum absolute atomic E-state index is 0.0129. The fourth-order valence-corrected chi connectivity index (χ4v) is 2.13.